The zero-order valence-electron chi connectivity index (χ0n) is 13.4. The number of benzene rings is 2. The highest BCUT2D eigenvalue weighted by atomic mass is 35.5. The molecule has 0 radical (unpaired) electrons. The SMILES string of the molecule is C[C@H](NC(=O)Cc1ccc(F)cc1)c1nc(-c2cccc(Cl)c2)no1. The minimum absolute atomic E-state index is 0.139. The molecule has 128 valence electrons. The third kappa shape index (κ3) is 4.42. The van der Waals surface area contributed by atoms with E-state index >= 15 is 0 Å². The van der Waals surface area contributed by atoms with Crippen molar-refractivity contribution in [3.8, 4) is 11.4 Å². The number of hydrogen-bond acceptors (Lipinski definition) is 4. The number of carbonyl (C=O) groups is 1. The van der Waals surface area contributed by atoms with Crippen LogP contribution in [0, 0.1) is 5.82 Å². The van der Waals surface area contributed by atoms with Crippen molar-refractivity contribution in [3.63, 3.8) is 0 Å². The fraction of sp³-hybridized carbons (Fsp3) is 0.167. The van der Waals surface area contributed by atoms with Crippen molar-refractivity contribution in [2.75, 3.05) is 0 Å². The van der Waals surface area contributed by atoms with Gasteiger partial charge in [-0.3, -0.25) is 4.79 Å². The number of amides is 1. The molecule has 1 amide bonds. The molecule has 0 saturated carbocycles. The van der Waals surface area contributed by atoms with Gasteiger partial charge in [-0.15, -0.1) is 0 Å². The van der Waals surface area contributed by atoms with Gasteiger partial charge in [0.25, 0.3) is 0 Å². The Kier molecular flexibility index (Phi) is 5.09. The molecule has 7 heteroatoms. The van der Waals surface area contributed by atoms with Crippen LogP contribution in [0.4, 0.5) is 4.39 Å². The molecular weight excluding hydrogens is 345 g/mol. The van der Waals surface area contributed by atoms with Gasteiger partial charge < -0.3 is 9.84 Å². The molecule has 0 saturated heterocycles. The van der Waals surface area contributed by atoms with Crippen molar-refractivity contribution in [2.45, 2.75) is 19.4 Å². The highest BCUT2D eigenvalue weighted by Crippen LogP contribution is 2.21. The molecule has 0 spiro atoms. The monoisotopic (exact) mass is 359 g/mol. The van der Waals surface area contributed by atoms with Crippen LogP contribution in [0.25, 0.3) is 11.4 Å². The van der Waals surface area contributed by atoms with Crippen LogP contribution in [0.1, 0.15) is 24.4 Å². The van der Waals surface area contributed by atoms with E-state index in [1.54, 1.807) is 37.3 Å². The molecule has 2 aromatic carbocycles. The summed E-state index contributed by atoms with van der Waals surface area (Å²) in [4.78, 5) is 16.4. The molecule has 0 aliphatic rings. The maximum atomic E-state index is 12.9. The Labute approximate surface area is 148 Å². The van der Waals surface area contributed by atoms with Crippen LogP contribution < -0.4 is 5.32 Å². The topological polar surface area (TPSA) is 68.0 Å². The number of aromatic nitrogens is 2. The van der Waals surface area contributed by atoms with Crippen LogP contribution in [-0.4, -0.2) is 16.0 Å². The summed E-state index contributed by atoms with van der Waals surface area (Å²) >= 11 is 5.95. The Bertz CT molecular complexity index is 880. The second-order valence-electron chi connectivity index (χ2n) is 5.56. The van der Waals surface area contributed by atoms with Crippen LogP contribution >= 0.6 is 11.6 Å². The maximum absolute atomic E-state index is 12.9. The summed E-state index contributed by atoms with van der Waals surface area (Å²) in [5.74, 6) is 0.137. The second-order valence-corrected chi connectivity index (χ2v) is 6.00. The zero-order valence-corrected chi connectivity index (χ0v) is 14.1. The van der Waals surface area contributed by atoms with Crippen molar-refractivity contribution in [1.29, 1.82) is 0 Å². The maximum Gasteiger partial charge on any atom is 0.249 e. The summed E-state index contributed by atoms with van der Waals surface area (Å²) in [6.07, 6.45) is 0.139. The van der Waals surface area contributed by atoms with Gasteiger partial charge in [-0.1, -0.05) is 41.0 Å². The van der Waals surface area contributed by atoms with Crippen LogP contribution in [0.5, 0.6) is 0 Å². The lowest BCUT2D eigenvalue weighted by molar-refractivity contribution is -0.121. The molecule has 1 N–H and O–H groups in total. The molecule has 1 aromatic heterocycles. The fourth-order valence-corrected chi connectivity index (χ4v) is 2.49. The third-order valence-electron chi connectivity index (χ3n) is 3.55. The van der Waals surface area contributed by atoms with Gasteiger partial charge in [0.15, 0.2) is 0 Å². The van der Waals surface area contributed by atoms with E-state index in [0.717, 1.165) is 11.1 Å². The van der Waals surface area contributed by atoms with Gasteiger partial charge in [0, 0.05) is 10.6 Å². The van der Waals surface area contributed by atoms with Gasteiger partial charge in [0.05, 0.1) is 6.42 Å². The van der Waals surface area contributed by atoms with Gasteiger partial charge in [-0.05, 0) is 36.8 Å². The zero-order chi connectivity index (χ0) is 17.8. The summed E-state index contributed by atoms with van der Waals surface area (Å²) in [5, 5.41) is 7.27. The lowest BCUT2D eigenvalue weighted by atomic mass is 10.1. The molecule has 0 aliphatic carbocycles. The Morgan fingerprint density at radius 3 is 2.76 bits per heavy atom. The van der Waals surface area contributed by atoms with E-state index in [1.807, 2.05) is 6.07 Å². The molecule has 25 heavy (non-hydrogen) atoms. The molecule has 0 fully saturated rings. The largest absolute Gasteiger partial charge is 0.344 e. The van der Waals surface area contributed by atoms with Crippen molar-refractivity contribution in [1.82, 2.24) is 15.5 Å². The molecule has 0 bridgehead atoms. The Morgan fingerprint density at radius 1 is 1.28 bits per heavy atom. The first-order valence-corrected chi connectivity index (χ1v) is 8.02. The van der Waals surface area contributed by atoms with E-state index in [2.05, 4.69) is 15.5 Å². The average molecular weight is 360 g/mol. The van der Waals surface area contributed by atoms with Crippen molar-refractivity contribution < 1.29 is 13.7 Å². The molecule has 0 aliphatic heterocycles. The predicted molar refractivity (Wildman–Crippen MR) is 91.4 cm³/mol. The summed E-state index contributed by atoms with van der Waals surface area (Å²) < 4.78 is 18.1. The number of nitrogens with zero attached hydrogens (tertiary/aromatic N) is 2. The van der Waals surface area contributed by atoms with Crippen LogP contribution in [-0.2, 0) is 11.2 Å². The highest BCUT2D eigenvalue weighted by Gasteiger charge is 2.17. The first-order valence-electron chi connectivity index (χ1n) is 7.64. The number of nitrogens with one attached hydrogen (secondary N) is 1. The number of hydrogen-bond donors (Lipinski definition) is 1. The van der Waals surface area contributed by atoms with Gasteiger partial charge in [-0.2, -0.15) is 4.98 Å². The highest BCUT2D eigenvalue weighted by molar-refractivity contribution is 6.30. The molecule has 1 heterocycles. The van der Waals surface area contributed by atoms with Crippen LogP contribution in [0.2, 0.25) is 5.02 Å². The standard InChI is InChI=1S/C18H15ClFN3O2/c1-11(21-16(24)9-12-5-7-15(20)8-6-12)18-22-17(23-25-18)13-3-2-4-14(19)10-13/h2-8,10-11H,9H2,1H3,(H,21,24)/t11-/m0/s1. The van der Waals surface area contributed by atoms with Gasteiger partial charge in [0.2, 0.25) is 17.6 Å². The van der Waals surface area contributed by atoms with E-state index < -0.39 is 6.04 Å². The lowest BCUT2D eigenvalue weighted by Crippen LogP contribution is -2.28. The smallest absolute Gasteiger partial charge is 0.249 e. The third-order valence-corrected chi connectivity index (χ3v) is 3.79. The number of halogens is 2. The van der Waals surface area contributed by atoms with E-state index in [1.165, 1.54) is 12.1 Å². The number of rotatable bonds is 5. The summed E-state index contributed by atoms with van der Waals surface area (Å²) in [5.41, 5.74) is 1.45. The summed E-state index contributed by atoms with van der Waals surface area (Å²) in [6, 6.07) is 12.4. The molecular formula is C18H15ClFN3O2. The Hall–Kier alpha value is -2.73. The van der Waals surface area contributed by atoms with Crippen LogP contribution in [0.3, 0.4) is 0 Å². The minimum Gasteiger partial charge on any atom is -0.344 e. The van der Waals surface area contributed by atoms with Crippen molar-refractivity contribution >= 4 is 17.5 Å². The molecule has 0 unspecified atom stereocenters. The average Bonchev–Trinajstić information content (AvgIpc) is 3.07. The van der Waals surface area contributed by atoms with Crippen molar-refractivity contribution in [3.05, 3.63) is 70.8 Å². The van der Waals surface area contributed by atoms with E-state index in [9.17, 15) is 9.18 Å². The minimum atomic E-state index is -0.451. The van der Waals surface area contributed by atoms with Crippen LogP contribution in [0.15, 0.2) is 53.1 Å². The van der Waals surface area contributed by atoms with Gasteiger partial charge >= 0.3 is 0 Å². The first kappa shape index (κ1) is 17.1. The molecule has 3 rings (SSSR count). The van der Waals surface area contributed by atoms with Gasteiger partial charge in [0.1, 0.15) is 11.9 Å². The Balaban J connectivity index is 1.64. The predicted octanol–water partition coefficient (Wildman–Crippen LogP) is 3.95. The fourth-order valence-electron chi connectivity index (χ4n) is 2.30. The Morgan fingerprint density at radius 2 is 2.04 bits per heavy atom. The molecule has 5 nitrogen and oxygen atoms in total. The molecule has 1 atom stereocenters. The quantitative estimate of drug-likeness (QED) is 0.749. The van der Waals surface area contributed by atoms with E-state index in [4.69, 9.17) is 16.1 Å². The second kappa shape index (κ2) is 7.44. The summed E-state index contributed by atoms with van der Waals surface area (Å²) in [6.45, 7) is 1.75. The lowest BCUT2D eigenvalue weighted by Gasteiger charge is -2.09. The molecule has 3 aromatic rings. The van der Waals surface area contributed by atoms with Gasteiger partial charge in [-0.25, -0.2) is 4.39 Å². The summed E-state index contributed by atoms with van der Waals surface area (Å²) in [7, 11) is 0. The first-order chi connectivity index (χ1) is 12.0. The van der Waals surface area contributed by atoms with E-state index in [0.29, 0.717) is 16.7 Å². The normalized spacial score (nSPS) is 12.0. The number of carbonyl (C=O) groups excluding carboxylic acids is 1. The van der Waals surface area contributed by atoms with E-state index in [-0.39, 0.29) is 18.1 Å². The van der Waals surface area contributed by atoms with Crippen molar-refractivity contribution in [2.24, 2.45) is 0 Å².